The van der Waals surface area contributed by atoms with E-state index in [4.69, 9.17) is 0 Å². The Hall–Kier alpha value is 0.254. The molecule has 0 aromatic carbocycles. The predicted octanol–water partition coefficient (Wildman–Crippen LogP) is 5.94. The quantitative estimate of drug-likeness (QED) is 0.527. The molecule has 2 rings (SSSR count). The molecule has 0 aromatic heterocycles. The molecule has 0 aromatic rings. The fourth-order valence-corrected chi connectivity index (χ4v) is 4.96. The minimum atomic E-state index is -0.000648. The van der Waals surface area contributed by atoms with Crippen LogP contribution in [0.25, 0.3) is 0 Å². The molecular formula is C16H24Cl2Ti. The molecule has 0 saturated carbocycles. The molecule has 0 amide bonds. The molecule has 0 aliphatic heterocycles. The predicted molar refractivity (Wildman–Crippen MR) is 85.9 cm³/mol. The van der Waals surface area contributed by atoms with Crippen molar-refractivity contribution in [3.63, 3.8) is 0 Å². The first-order valence-electron chi connectivity index (χ1n) is 6.89. The SMILES string of the molecule is CCCC1=[C]([Ti][C]2=C(CCC)C=CC2)CC=C1.Cl.Cl. The van der Waals surface area contributed by atoms with Crippen LogP contribution in [0.4, 0.5) is 0 Å². The van der Waals surface area contributed by atoms with Crippen LogP contribution in [0.5, 0.6) is 0 Å². The molecule has 0 bridgehead atoms. The third-order valence-corrected chi connectivity index (χ3v) is 5.98. The molecule has 0 nitrogen and oxygen atoms in total. The second kappa shape index (κ2) is 10.0. The average Bonchev–Trinajstić information content (AvgIpc) is 2.92. The summed E-state index contributed by atoms with van der Waals surface area (Å²) in [5.41, 5.74) is 3.34. The van der Waals surface area contributed by atoms with E-state index in [0.717, 1.165) is 0 Å². The normalized spacial score (nSPS) is 16.7. The fourth-order valence-electron chi connectivity index (χ4n) is 2.55. The molecule has 2 aliphatic rings. The summed E-state index contributed by atoms with van der Waals surface area (Å²) < 4.78 is 3.61. The van der Waals surface area contributed by atoms with Gasteiger partial charge in [0.05, 0.1) is 0 Å². The molecule has 2 aliphatic carbocycles. The van der Waals surface area contributed by atoms with E-state index in [0.29, 0.717) is 0 Å². The van der Waals surface area contributed by atoms with Crippen LogP contribution >= 0.6 is 24.8 Å². The van der Waals surface area contributed by atoms with E-state index >= 15 is 0 Å². The minimum Gasteiger partial charge on any atom is -0.147 e. The van der Waals surface area contributed by atoms with Crippen LogP contribution < -0.4 is 0 Å². The van der Waals surface area contributed by atoms with Gasteiger partial charge in [-0.25, -0.2) is 0 Å². The molecule has 0 unspecified atom stereocenters. The maximum Gasteiger partial charge on any atom is -0.147 e. The molecule has 0 fully saturated rings. The van der Waals surface area contributed by atoms with Crippen molar-refractivity contribution >= 4 is 24.8 Å². The van der Waals surface area contributed by atoms with Gasteiger partial charge in [-0.05, 0) is 0 Å². The fraction of sp³-hybridized carbons (Fsp3) is 0.500. The number of hydrogen-bond acceptors (Lipinski definition) is 0. The third kappa shape index (κ3) is 5.27. The van der Waals surface area contributed by atoms with Gasteiger partial charge in [0.15, 0.2) is 0 Å². The summed E-state index contributed by atoms with van der Waals surface area (Å²) >= 11 is -0.000648. The van der Waals surface area contributed by atoms with Crippen molar-refractivity contribution in [1.29, 1.82) is 0 Å². The van der Waals surface area contributed by atoms with Crippen LogP contribution in [0.15, 0.2) is 43.2 Å². The molecule has 106 valence electrons. The summed E-state index contributed by atoms with van der Waals surface area (Å²) in [6, 6.07) is 0. The summed E-state index contributed by atoms with van der Waals surface area (Å²) in [7, 11) is 0. The topological polar surface area (TPSA) is 0 Å². The van der Waals surface area contributed by atoms with E-state index in [1.54, 1.807) is 18.9 Å². The molecule has 0 atom stereocenters. The first-order chi connectivity index (χ1) is 8.35. The Balaban J connectivity index is 0.00000162. The first-order valence-corrected chi connectivity index (χ1v) is 8.45. The zero-order valence-corrected chi connectivity index (χ0v) is 15.1. The van der Waals surface area contributed by atoms with Gasteiger partial charge >= 0.3 is 115 Å². The van der Waals surface area contributed by atoms with Gasteiger partial charge in [-0.2, -0.15) is 0 Å². The van der Waals surface area contributed by atoms with Crippen LogP contribution in [-0.4, -0.2) is 0 Å². The molecule has 0 radical (unpaired) electrons. The van der Waals surface area contributed by atoms with E-state index in [2.05, 4.69) is 38.2 Å². The second-order valence-corrected chi connectivity index (χ2v) is 7.12. The monoisotopic (exact) mass is 334 g/mol. The van der Waals surface area contributed by atoms with Gasteiger partial charge in [0.25, 0.3) is 0 Å². The van der Waals surface area contributed by atoms with Gasteiger partial charge in [-0.15, -0.1) is 24.8 Å². The van der Waals surface area contributed by atoms with Gasteiger partial charge in [0.1, 0.15) is 0 Å². The van der Waals surface area contributed by atoms with Gasteiger partial charge in [0.2, 0.25) is 0 Å². The summed E-state index contributed by atoms with van der Waals surface area (Å²) in [6.45, 7) is 4.57. The summed E-state index contributed by atoms with van der Waals surface area (Å²) in [6.07, 6.45) is 17.1. The standard InChI is InChI=1S/2C8H11.2ClH.Ti/c2*1-2-5-8-6-3-4-7-8;;;/h2*3,6H,2,4-5H2,1H3;2*1H;. The molecule has 19 heavy (non-hydrogen) atoms. The van der Waals surface area contributed by atoms with Crippen molar-refractivity contribution in [3.8, 4) is 0 Å². The zero-order valence-electron chi connectivity index (χ0n) is 11.9. The van der Waals surface area contributed by atoms with E-state index < -0.39 is 0 Å². The largest absolute Gasteiger partial charge is 0.147 e. The van der Waals surface area contributed by atoms with Crippen molar-refractivity contribution in [2.75, 3.05) is 0 Å². The van der Waals surface area contributed by atoms with Gasteiger partial charge in [-0.3, -0.25) is 0 Å². The Morgan fingerprint density at radius 1 is 0.842 bits per heavy atom. The number of hydrogen-bond donors (Lipinski definition) is 0. The van der Waals surface area contributed by atoms with Crippen LogP contribution in [0.1, 0.15) is 52.4 Å². The van der Waals surface area contributed by atoms with Crippen molar-refractivity contribution in [2.24, 2.45) is 0 Å². The Kier molecular flexibility index (Phi) is 10.2. The third-order valence-electron chi connectivity index (χ3n) is 3.40. The van der Waals surface area contributed by atoms with Gasteiger partial charge < -0.3 is 0 Å². The van der Waals surface area contributed by atoms with Gasteiger partial charge in [0, 0.05) is 0 Å². The van der Waals surface area contributed by atoms with E-state index in [9.17, 15) is 0 Å². The van der Waals surface area contributed by atoms with Crippen molar-refractivity contribution in [3.05, 3.63) is 43.2 Å². The Labute approximate surface area is 139 Å². The van der Waals surface area contributed by atoms with Crippen molar-refractivity contribution in [1.82, 2.24) is 0 Å². The smallest absolute Gasteiger partial charge is 0.147 e. The molecular weight excluding hydrogens is 311 g/mol. The van der Waals surface area contributed by atoms with Crippen LogP contribution in [0.2, 0.25) is 0 Å². The molecule has 0 heterocycles. The van der Waals surface area contributed by atoms with Crippen molar-refractivity contribution in [2.45, 2.75) is 52.4 Å². The molecule has 0 saturated heterocycles. The second-order valence-electron chi connectivity index (χ2n) is 4.85. The van der Waals surface area contributed by atoms with Crippen molar-refractivity contribution < 1.29 is 19.2 Å². The number of halogens is 2. The minimum absolute atomic E-state index is 0. The summed E-state index contributed by atoms with van der Waals surface area (Å²) in [5, 5.41) is 0. The van der Waals surface area contributed by atoms with Crippen LogP contribution in [0.3, 0.4) is 0 Å². The molecule has 3 heteroatoms. The zero-order chi connectivity index (χ0) is 12.1. The Morgan fingerprint density at radius 2 is 1.26 bits per heavy atom. The summed E-state index contributed by atoms with van der Waals surface area (Å²) in [5.74, 6) is 0. The van der Waals surface area contributed by atoms with Crippen LogP contribution in [0, 0.1) is 0 Å². The Bertz CT molecular complexity index is 365. The maximum absolute atomic E-state index is 2.38. The average molecular weight is 335 g/mol. The number of rotatable bonds is 6. The van der Waals surface area contributed by atoms with E-state index in [-0.39, 0.29) is 44.0 Å². The first kappa shape index (κ1) is 19.3. The van der Waals surface area contributed by atoms with E-state index in [1.165, 1.54) is 38.5 Å². The van der Waals surface area contributed by atoms with E-state index in [1.807, 2.05) is 0 Å². The maximum atomic E-state index is 2.38. The number of allylic oxidation sites excluding steroid dienone is 8. The summed E-state index contributed by atoms with van der Waals surface area (Å²) in [4.78, 5) is 0. The Morgan fingerprint density at radius 3 is 1.63 bits per heavy atom. The van der Waals surface area contributed by atoms with Gasteiger partial charge in [-0.1, -0.05) is 0 Å². The van der Waals surface area contributed by atoms with Crippen LogP contribution in [-0.2, 0) is 19.2 Å². The molecule has 0 N–H and O–H groups in total. The molecule has 0 spiro atoms.